The van der Waals surface area contributed by atoms with Crippen LogP contribution in [0.15, 0.2) is 55.0 Å². The molecule has 0 saturated carbocycles. The highest BCUT2D eigenvalue weighted by Gasteiger charge is 2.44. The molecule has 8 nitrogen and oxygen atoms in total. The maximum atomic E-state index is 13.3. The minimum atomic E-state index is -0.571. The number of hydrogen-bond acceptors (Lipinski definition) is 6. The third kappa shape index (κ3) is 4.37. The zero-order valence-electron chi connectivity index (χ0n) is 19.6. The fraction of sp³-hybridized carbons (Fsp3) is 0.423. The summed E-state index contributed by atoms with van der Waals surface area (Å²) in [6, 6.07) is 11.2. The lowest BCUT2D eigenvalue weighted by atomic mass is 9.92. The number of ether oxygens (including phenoxy) is 3. The first-order chi connectivity index (χ1) is 16.3. The molecule has 178 valence electrons. The van der Waals surface area contributed by atoms with Gasteiger partial charge in [-0.15, -0.1) is 0 Å². The van der Waals surface area contributed by atoms with Crippen molar-refractivity contribution >= 4 is 23.0 Å². The van der Waals surface area contributed by atoms with Crippen LogP contribution < -0.4 is 0 Å². The van der Waals surface area contributed by atoms with E-state index in [0.29, 0.717) is 31.6 Å². The SMILES string of the molecule is CC(C)(C)OC(=O)N1[C@@H]2COC[C@H]1CC(OC(=O)c1cn(-c3cccnc3)c3ccccc13)C2. The number of amides is 1. The van der Waals surface area contributed by atoms with E-state index in [0.717, 1.165) is 16.6 Å². The van der Waals surface area contributed by atoms with Gasteiger partial charge < -0.3 is 18.8 Å². The Hall–Kier alpha value is -3.39. The second kappa shape index (κ2) is 8.76. The Balaban J connectivity index is 1.36. The average Bonchev–Trinajstić information content (AvgIpc) is 3.18. The summed E-state index contributed by atoms with van der Waals surface area (Å²) in [5, 5.41) is 0.825. The molecule has 2 fully saturated rings. The molecule has 3 aromatic rings. The number of carbonyl (C=O) groups is 2. The summed E-state index contributed by atoms with van der Waals surface area (Å²) >= 11 is 0. The van der Waals surface area contributed by atoms with Gasteiger partial charge in [0.15, 0.2) is 0 Å². The van der Waals surface area contributed by atoms with Crippen LogP contribution in [0.25, 0.3) is 16.6 Å². The zero-order valence-corrected chi connectivity index (χ0v) is 19.6. The second-order valence-electron chi connectivity index (χ2n) is 9.87. The molecule has 0 N–H and O–H groups in total. The monoisotopic (exact) mass is 463 g/mol. The lowest BCUT2D eigenvalue weighted by Crippen LogP contribution is -2.61. The van der Waals surface area contributed by atoms with Gasteiger partial charge in [-0.2, -0.15) is 0 Å². The van der Waals surface area contributed by atoms with Crippen LogP contribution in [0.2, 0.25) is 0 Å². The zero-order chi connectivity index (χ0) is 23.9. The van der Waals surface area contributed by atoms with Crippen molar-refractivity contribution < 1.29 is 23.8 Å². The Morgan fingerprint density at radius 2 is 1.79 bits per heavy atom. The number of carbonyl (C=O) groups excluding carboxylic acids is 2. The third-order valence-corrected chi connectivity index (χ3v) is 6.21. The molecule has 3 atom stereocenters. The molecule has 2 aliphatic rings. The smallest absolute Gasteiger partial charge is 0.410 e. The number of para-hydroxylation sites is 1. The van der Waals surface area contributed by atoms with Gasteiger partial charge in [0.05, 0.1) is 48.3 Å². The van der Waals surface area contributed by atoms with Crippen LogP contribution in [0.3, 0.4) is 0 Å². The van der Waals surface area contributed by atoms with Crippen LogP contribution in [0.1, 0.15) is 44.0 Å². The molecule has 1 unspecified atom stereocenters. The van der Waals surface area contributed by atoms with Crippen molar-refractivity contribution in [3.63, 3.8) is 0 Å². The van der Waals surface area contributed by atoms with E-state index in [1.165, 1.54) is 0 Å². The van der Waals surface area contributed by atoms with Crippen molar-refractivity contribution in [1.29, 1.82) is 0 Å². The summed E-state index contributed by atoms with van der Waals surface area (Å²) in [7, 11) is 0. The van der Waals surface area contributed by atoms with Crippen molar-refractivity contribution in [1.82, 2.24) is 14.5 Å². The van der Waals surface area contributed by atoms with Crippen LogP contribution in [0, 0.1) is 0 Å². The van der Waals surface area contributed by atoms with Gasteiger partial charge in [0.25, 0.3) is 0 Å². The molecule has 1 amide bonds. The molecule has 4 heterocycles. The van der Waals surface area contributed by atoms with Crippen LogP contribution in [0.4, 0.5) is 4.79 Å². The summed E-state index contributed by atoms with van der Waals surface area (Å²) in [5.41, 5.74) is 1.72. The summed E-state index contributed by atoms with van der Waals surface area (Å²) in [6.45, 7) is 6.38. The highest BCUT2D eigenvalue weighted by Crippen LogP contribution is 2.32. The van der Waals surface area contributed by atoms with Crippen LogP contribution >= 0.6 is 0 Å². The van der Waals surface area contributed by atoms with Gasteiger partial charge >= 0.3 is 12.1 Å². The Morgan fingerprint density at radius 1 is 1.06 bits per heavy atom. The minimum absolute atomic E-state index is 0.183. The van der Waals surface area contributed by atoms with Gasteiger partial charge in [0.2, 0.25) is 0 Å². The molecule has 8 heteroatoms. The highest BCUT2D eigenvalue weighted by molar-refractivity contribution is 6.05. The quantitative estimate of drug-likeness (QED) is 0.537. The molecular weight excluding hydrogens is 434 g/mol. The lowest BCUT2D eigenvalue weighted by molar-refractivity contribution is -0.106. The molecule has 2 bridgehead atoms. The van der Waals surface area contributed by atoms with Crippen molar-refractivity contribution in [2.75, 3.05) is 13.2 Å². The van der Waals surface area contributed by atoms with Gasteiger partial charge in [0.1, 0.15) is 11.7 Å². The Bertz CT molecular complexity index is 1190. The molecule has 2 aliphatic heterocycles. The highest BCUT2D eigenvalue weighted by atomic mass is 16.6. The van der Waals surface area contributed by atoms with E-state index in [4.69, 9.17) is 14.2 Å². The van der Waals surface area contributed by atoms with Crippen molar-refractivity contribution in [3.8, 4) is 5.69 Å². The Kier molecular flexibility index (Phi) is 5.77. The van der Waals surface area contributed by atoms with Crippen LogP contribution in [-0.2, 0) is 14.2 Å². The van der Waals surface area contributed by atoms with Crippen LogP contribution in [-0.4, -0.2) is 63.5 Å². The number of nitrogens with zero attached hydrogens (tertiary/aromatic N) is 3. The molecular formula is C26H29N3O5. The summed E-state index contributed by atoms with van der Waals surface area (Å²) < 4.78 is 19.3. The topological polar surface area (TPSA) is 82.9 Å². The van der Waals surface area contributed by atoms with E-state index < -0.39 is 5.60 Å². The van der Waals surface area contributed by atoms with Crippen molar-refractivity contribution in [3.05, 3.63) is 60.6 Å². The number of hydrogen-bond donors (Lipinski definition) is 0. The van der Waals surface area contributed by atoms with E-state index >= 15 is 0 Å². The maximum absolute atomic E-state index is 13.3. The van der Waals surface area contributed by atoms with E-state index in [1.807, 2.05) is 67.9 Å². The largest absolute Gasteiger partial charge is 0.459 e. The number of aromatic nitrogens is 2. The first kappa shape index (κ1) is 22.4. The van der Waals surface area contributed by atoms with Gasteiger partial charge in [-0.05, 0) is 39.0 Å². The molecule has 5 rings (SSSR count). The predicted octanol–water partition coefficient (Wildman–Crippen LogP) is 4.35. The van der Waals surface area contributed by atoms with E-state index in [2.05, 4.69) is 4.98 Å². The summed E-state index contributed by atoms with van der Waals surface area (Å²) in [5.74, 6) is -0.367. The van der Waals surface area contributed by atoms with Gasteiger partial charge in [-0.3, -0.25) is 9.88 Å². The van der Waals surface area contributed by atoms with Crippen LogP contribution in [0.5, 0.6) is 0 Å². The Morgan fingerprint density at radius 3 is 2.47 bits per heavy atom. The van der Waals surface area contributed by atoms with Crippen molar-refractivity contribution in [2.24, 2.45) is 0 Å². The average molecular weight is 464 g/mol. The summed E-state index contributed by atoms with van der Waals surface area (Å²) in [4.78, 5) is 32.1. The normalized spacial score (nSPS) is 22.4. The number of esters is 1. The standard InChI is InChI=1S/C26H29N3O5/c1-26(2,3)34-25(31)29-18-11-20(12-19(29)16-32-15-18)33-24(30)22-14-28(17-7-6-10-27-13-17)23-9-5-4-8-21(22)23/h4-10,13-14,18-20H,11-12,15-16H2,1-3H3/t18-,19+,20?. The fourth-order valence-electron chi connectivity index (χ4n) is 4.84. The van der Waals surface area contributed by atoms with E-state index in [1.54, 1.807) is 17.3 Å². The summed E-state index contributed by atoms with van der Waals surface area (Å²) in [6.07, 6.45) is 5.68. The molecule has 0 aliphatic carbocycles. The second-order valence-corrected chi connectivity index (χ2v) is 9.87. The third-order valence-electron chi connectivity index (χ3n) is 6.21. The first-order valence-corrected chi connectivity index (χ1v) is 11.6. The molecule has 0 spiro atoms. The predicted molar refractivity (Wildman–Crippen MR) is 126 cm³/mol. The molecule has 1 aromatic carbocycles. The number of morpholine rings is 1. The number of fused-ring (bicyclic) bond motifs is 3. The van der Waals surface area contributed by atoms with E-state index in [9.17, 15) is 9.59 Å². The number of benzene rings is 1. The van der Waals surface area contributed by atoms with E-state index in [-0.39, 0.29) is 30.3 Å². The number of pyridine rings is 1. The maximum Gasteiger partial charge on any atom is 0.410 e. The van der Waals surface area contributed by atoms with Gasteiger partial charge in [-0.1, -0.05) is 18.2 Å². The minimum Gasteiger partial charge on any atom is -0.459 e. The number of rotatable bonds is 3. The number of piperidine rings is 1. The van der Waals surface area contributed by atoms with Gasteiger partial charge in [-0.25, -0.2) is 9.59 Å². The Labute approximate surface area is 198 Å². The molecule has 0 radical (unpaired) electrons. The van der Waals surface area contributed by atoms with Gasteiger partial charge in [0, 0.05) is 30.6 Å². The molecule has 2 saturated heterocycles. The lowest BCUT2D eigenvalue weighted by Gasteiger charge is -2.47. The fourth-order valence-corrected chi connectivity index (χ4v) is 4.84. The van der Waals surface area contributed by atoms with Crippen molar-refractivity contribution in [2.45, 2.75) is 57.4 Å². The molecule has 2 aromatic heterocycles. The first-order valence-electron chi connectivity index (χ1n) is 11.6. The molecule has 34 heavy (non-hydrogen) atoms.